The van der Waals surface area contributed by atoms with E-state index in [1.165, 1.54) is 0 Å². The van der Waals surface area contributed by atoms with E-state index in [2.05, 4.69) is 12.1 Å². The molecule has 0 saturated heterocycles. The molecule has 0 amide bonds. The lowest BCUT2D eigenvalue weighted by molar-refractivity contribution is -0.133. The molecule has 18 heavy (non-hydrogen) atoms. The molecule has 0 radical (unpaired) electrons. The van der Waals surface area contributed by atoms with E-state index in [9.17, 15) is 9.59 Å². The Labute approximate surface area is 107 Å². The Morgan fingerprint density at radius 2 is 1.78 bits per heavy atom. The maximum atomic E-state index is 12.2. The Morgan fingerprint density at radius 1 is 1.00 bits per heavy atom. The van der Waals surface area contributed by atoms with Gasteiger partial charge in [0.1, 0.15) is 11.6 Å². The number of carbonyl (C=O) groups is 2. The summed E-state index contributed by atoms with van der Waals surface area (Å²) in [5.41, 5.74) is 1.16. The number of benzene rings is 1. The Morgan fingerprint density at radius 3 is 2.56 bits per heavy atom. The minimum atomic E-state index is 0.0962. The van der Waals surface area contributed by atoms with E-state index in [4.69, 9.17) is 0 Å². The molecule has 2 aliphatic carbocycles. The predicted octanol–water partition coefficient (Wildman–Crippen LogP) is 3.12. The van der Waals surface area contributed by atoms with Crippen molar-refractivity contribution in [2.45, 2.75) is 38.0 Å². The highest BCUT2D eigenvalue weighted by atomic mass is 16.1. The molecule has 0 bridgehead atoms. The molecule has 3 rings (SSSR count). The topological polar surface area (TPSA) is 34.1 Å². The molecule has 2 saturated carbocycles. The fraction of sp³-hybridized carbons (Fsp3) is 0.500. The SMILES string of the molecule is O=C1C[C@H]2CCCC(=O)[C@H]2[C@@H](c2ccccc2)C1. The second-order valence-corrected chi connectivity index (χ2v) is 5.61. The summed E-state index contributed by atoms with van der Waals surface area (Å²) >= 11 is 0. The summed E-state index contributed by atoms with van der Waals surface area (Å²) in [6.45, 7) is 0. The van der Waals surface area contributed by atoms with Crippen LogP contribution in [0, 0.1) is 11.8 Å². The van der Waals surface area contributed by atoms with Crippen LogP contribution in [0.4, 0.5) is 0 Å². The average Bonchev–Trinajstić information content (AvgIpc) is 2.39. The smallest absolute Gasteiger partial charge is 0.136 e. The highest BCUT2D eigenvalue weighted by Gasteiger charge is 2.43. The zero-order valence-electron chi connectivity index (χ0n) is 10.5. The lowest BCUT2D eigenvalue weighted by atomic mass is 9.63. The highest BCUT2D eigenvalue weighted by molar-refractivity contribution is 5.88. The molecule has 0 unspecified atom stereocenters. The van der Waals surface area contributed by atoms with Gasteiger partial charge in [0.05, 0.1) is 0 Å². The van der Waals surface area contributed by atoms with E-state index >= 15 is 0 Å². The minimum absolute atomic E-state index is 0.0962. The van der Waals surface area contributed by atoms with Gasteiger partial charge in [-0.25, -0.2) is 0 Å². The van der Waals surface area contributed by atoms with Gasteiger partial charge < -0.3 is 0 Å². The third-order valence-electron chi connectivity index (χ3n) is 4.48. The summed E-state index contributed by atoms with van der Waals surface area (Å²) in [7, 11) is 0. The van der Waals surface area contributed by atoms with Crippen molar-refractivity contribution in [2.75, 3.05) is 0 Å². The molecule has 2 aliphatic rings. The van der Waals surface area contributed by atoms with Crippen molar-refractivity contribution in [3.05, 3.63) is 35.9 Å². The fourth-order valence-corrected chi connectivity index (χ4v) is 3.70. The molecule has 0 aliphatic heterocycles. The van der Waals surface area contributed by atoms with E-state index in [1.807, 2.05) is 18.2 Å². The highest BCUT2D eigenvalue weighted by Crippen LogP contribution is 2.45. The number of Topliss-reactive ketones (excluding diaryl/α,β-unsaturated/α-hetero) is 2. The maximum Gasteiger partial charge on any atom is 0.136 e. The third kappa shape index (κ3) is 2.00. The van der Waals surface area contributed by atoms with Crippen LogP contribution in [0.25, 0.3) is 0 Å². The van der Waals surface area contributed by atoms with Gasteiger partial charge in [0, 0.05) is 31.1 Å². The Bertz CT molecular complexity index is 463. The molecule has 3 atom stereocenters. The number of fused-ring (bicyclic) bond motifs is 1. The fourth-order valence-electron chi connectivity index (χ4n) is 3.70. The summed E-state index contributed by atoms with van der Waals surface area (Å²) in [4.78, 5) is 24.1. The first-order valence-electron chi connectivity index (χ1n) is 6.85. The largest absolute Gasteiger partial charge is 0.300 e. The van der Waals surface area contributed by atoms with E-state index in [-0.39, 0.29) is 11.8 Å². The van der Waals surface area contributed by atoms with Crippen LogP contribution >= 0.6 is 0 Å². The van der Waals surface area contributed by atoms with Gasteiger partial charge in [-0.3, -0.25) is 9.59 Å². The molecule has 0 spiro atoms. The summed E-state index contributed by atoms with van der Waals surface area (Å²) in [6, 6.07) is 10.1. The average molecular weight is 242 g/mol. The van der Waals surface area contributed by atoms with Gasteiger partial charge in [0.25, 0.3) is 0 Å². The number of rotatable bonds is 1. The zero-order chi connectivity index (χ0) is 12.5. The van der Waals surface area contributed by atoms with Crippen molar-refractivity contribution in [1.29, 1.82) is 0 Å². The monoisotopic (exact) mass is 242 g/mol. The van der Waals surface area contributed by atoms with Crippen molar-refractivity contribution in [3.8, 4) is 0 Å². The van der Waals surface area contributed by atoms with Crippen molar-refractivity contribution >= 4 is 11.6 Å². The molecule has 2 nitrogen and oxygen atoms in total. The Kier molecular flexibility index (Phi) is 3.02. The van der Waals surface area contributed by atoms with E-state index in [0.717, 1.165) is 18.4 Å². The van der Waals surface area contributed by atoms with Crippen LogP contribution in [0.3, 0.4) is 0 Å². The predicted molar refractivity (Wildman–Crippen MR) is 69.3 cm³/mol. The van der Waals surface area contributed by atoms with Crippen molar-refractivity contribution < 1.29 is 9.59 Å². The summed E-state index contributed by atoms with van der Waals surface area (Å²) in [6.07, 6.45) is 3.90. The van der Waals surface area contributed by atoms with Gasteiger partial charge in [-0.05, 0) is 24.3 Å². The third-order valence-corrected chi connectivity index (χ3v) is 4.48. The minimum Gasteiger partial charge on any atom is -0.300 e. The van der Waals surface area contributed by atoms with Gasteiger partial charge in [-0.15, -0.1) is 0 Å². The second-order valence-electron chi connectivity index (χ2n) is 5.61. The van der Waals surface area contributed by atoms with E-state index in [0.29, 0.717) is 36.7 Å². The van der Waals surface area contributed by atoms with Gasteiger partial charge in [0.15, 0.2) is 0 Å². The first-order valence-corrected chi connectivity index (χ1v) is 6.85. The second kappa shape index (κ2) is 4.68. The maximum absolute atomic E-state index is 12.2. The first-order chi connectivity index (χ1) is 8.75. The first kappa shape index (κ1) is 11.6. The molecule has 94 valence electrons. The normalized spacial score (nSPS) is 32.1. The Hall–Kier alpha value is -1.44. The molecule has 0 aromatic heterocycles. The lowest BCUT2D eigenvalue weighted by Crippen LogP contribution is -2.39. The number of hydrogen-bond acceptors (Lipinski definition) is 2. The van der Waals surface area contributed by atoms with Crippen LogP contribution in [0.15, 0.2) is 30.3 Å². The number of hydrogen-bond donors (Lipinski definition) is 0. The van der Waals surface area contributed by atoms with Crippen LogP contribution in [-0.2, 0) is 9.59 Å². The summed E-state index contributed by atoms with van der Waals surface area (Å²) in [5, 5.41) is 0. The van der Waals surface area contributed by atoms with Crippen molar-refractivity contribution in [3.63, 3.8) is 0 Å². The molecule has 1 aromatic rings. The van der Waals surface area contributed by atoms with Crippen LogP contribution in [0.1, 0.15) is 43.6 Å². The summed E-state index contributed by atoms with van der Waals surface area (Å²) in [5.74, 6) is 1.24. The molecule has 0 N–H and O–H groups in total. The quantitative estimate of drug-likeness (QED) is 0.758. The van der Waals surface area contributed by atoms with Crippen LogP contribution in [-0.4, -0.2) is 11.6 Å². The number of carbonyl (C=O) groups excluding carboxylic acids is 2. The standard InChI is InChI=1S/C16H18O2/c17-13-9-12-7-4-8-15(18)16(12)14(10-13)11-5-2-1-3-6-11/h1-3,5-6,12,14,16H,4,7-10H2/t12-,14-,16-/m1/s1. The van der Waals surface area contributed by atoms with Crippen molar-refractivity contribution in [1.82, 2.24) is 0 Å². The number of ketones is 2. The molecule has 1 aromatic carbocycles. The van der Waals surface area contributed by atoms with Crippen molar-refractivity contribution in [2.24, 2.45) is 11.8 Å². The lowest BCUT2D eigenvalue weighted by Gasteiger charge is -2.39. The molecule has 2 heteroatoms. The molecular weight excluding hydrogens is 224 g/mol. The van der Waals surface area contributed by atoms with Gasteiger partial charge in [-0.2, -0.15) is 0 Å². The van der Waals surface area contributed by atoms with E-state index < -0.39 is 0 Å². The van der Waals surface area contributed by atoms with Gasteiger partial charge >= 0.3 is 0 Å². The molecular formula is C16H18O2. The molecule has 0 heterocycles. The Balaban J connectivity index is 1.95. The van der Waals surface area contributed by atoms with Gasteiger partial charge in [-0.1, -0.05) is 30.3 Å². The van der Waals surface area contributed by atoms with Crippen LogP contribution in [0.5, 0.6) is 0 Å². The van der Waals surface area contributed by atoms with Gasteiger partial charge in [0.2, 0.25) is 0 Å². The van der Waals surface area contributed by atoms with Crippen LogP contribution < -0.4 is 0 Å². The summed E-state index contributed by atoms with van der Waals surface area (Å²) < 4.78 is 0. The van der Waals surface area contributed by atoms with Crippen LogP contribution in [0.2, 0.25) is 0 Å². The zero-order valence-corrected chi connectivity index (χ0v) is 10.5. The molecule has 2 fully saturated rings. The van der Waals surface area contributed by atoms with E-state index in [1.54, 1.807) is 0 Å².